The van der Waals surface area contributed by atoms with Crippen molar-refractivity contribution in [3.05, 3.63) is 35.4 Å². The Bertz CT molecular complexity index is 671. The fourth-order valence-corrected chi connectivity index (χ4v) is 5.10. The molecule has 0 saturated heterocycles. The maximum absolute atomic E-state index is 13.0. The van der Waals surface area contributed by atoms with Crippen LogP contribution in [-0.4, -0.2) is 11.9 Å². The number of hydrogen-bond acceptors (Lipinski definition) is 1. The predicted molar refractivity (Wildman–Crippen MR) is 109 cm³/mol. The van der Waals surface area contributed by atoms with Crippen LogP contribution in [0.15, 0.2) is 24.3 Å². The van der Waals surface area contributed by atoms with Crippen molar-refractivity contribution in [3.8, 4) is 0 Å². The van der Waals surface area contributed by atoms with E-state index in [2.05, 4.69) is 12.2 Å². The number of halogens is 3. The van der Waals surface area contributed by atoms with E-state index in [0.717, 1.165) is 49.7 Å². The highest BCUT2D eigenvalue weighted by Crippen LogP contribution is 2.40. The summed E-state index contributed by atoms with van der Waals surface area (Å²) in [5, 5.41) is 3.20. The number of nitrogens with one attached hydrogen (secondary N) is 1. The lowest BCUT2D eigenvalue weighted by Crippen LogP contribution is -2.40. The molecule has 0 aliphatic heterocycles. The van der Waals surface area contributed by atoms with Gasteiger partial charge in [-0.3, -0.25) is 4.79 Å². The zero-order valence-electron chi connectivity index (χ0n) is 17.5. The Labute approximate surface area is 172 Å². The van der Waals surface area contributed by atoms with Crippen LogP contribution in [0, 0.1) is 11.3 Å². The Morgan fingerprint density at radius 1 is 1.10 bits per heavy atom. The van der Waals surface area contributed by atoms with E-state index < -0.39 is 11.7 Å². The van der Waals surface area contributed by atoms with Gasteiger partial charge in [-0.2, -0.15) is 13.2 Å². The van der Waals surface area contributed by atoms with E-state index in [0.29, 0.717) is 12.8 Å². The lowest BCUT2D eigenvalue weighted by Gasteiger charge is -2.38. The van der Waals surface area contributed by atoms with Gasteiger partial charge in [0.1, 0.15) is 0 Å². The van der Waals surface area contributed by atoms with E-state index in [9.17, 15) is 18.0 Å². The van der Waals surface area contributed by atoms with Gasteiger partial charge in [-0.05, 0) is 61.5 Å². The van der Waals surface area contributed by atoms with Crippen LogP contribution in [0.3, 0.4) is 0 Å². The van der Waals surface area contributed by atoms with E-state index in [1.165, 1.54) is 44.2 Å². The Morgan fingerprint density at radius 2 is 1.79 bits per heavy atom. The maximum atomic E-state index is 13.0. The van der Waals surface area contributed by atoms with Crippen molar-refractivity contribution in [3.63, 3.8) is 0 Å². The van der Waals surface area contributed by atoms with Crippen LogP contribution < -0.4 is 5.32 Å². The van der Waals surface area contributed by atoms with Crippen LogP contribution >= 0.6 is 0 Å². The highest BCUT2D eigenvalue weighted by molar-refractivity contribution is 5.76. The average Bonchev–Trinajstić information content (AvgIpc) is 2.69. The molecule has 162 valence electrons. The van der Waals surface area contributed by atoms with Crippen LogP contribution in [-0.2, 0) is 17.4 Å². The number of benzene rings is 1. The van der Waals surface area contributed by atoms with E-state index in [-0.39, 0.29) is 17.4 Å². The zero-order valence-corrected chi connectivity index (χ0v) is 17.5. The quantitative estimate of drug-likeness (QED) is 0.558. The van der Waals surface area contributed by atoms with Gasteiger partial charge in [-0.25, -0.2) is 0 Å². The van der Waals surface area contributed by atoms with Gasteiger partial charge >= 0.3 is 6.18 Å². The number of carbonyl (C=O) groups excluding carboxylic acids is 1. The first-order valence-corrected chi connectivity index (χ1v) is 11.2. The largest absolute Gasteiger partial charge is 0.416 e. The van der Waals surface area contributed by atoms with Gasteiger partial charge in [0.25, 0.3) is 0 Å². The predicted octanol–water partition coefficient (Wildman–Crippen LogP) is 6.67. The molecule has 0 bridgehead atoms. The average molecular weight is 410 g/mol. The van der Waals surface area contributed by atoms with E-state index in [1.54, 1.807) is 6.07 Å². The molecule has 1 N–H and O–H groups in total. The Balaban J connectivity index is 1.43. The molecule has 1 aromatic rings. The van der Waals surface area contributed by atoms with Crippen molar-refractivity contribution in [2.45, 2.75) is 96.2 Å². The third-order valence-corrected chi connectivity index (χ3v) is 6.95. The molecule has 1 amide bonds. The smallest absolute Gasteiger partial charge is 0.353 e. The van der Waals surface area contributed by atoms with Crippen molar-refractivity contribution in [2.75, 3.05) is 0 Å². The minimum atomic E-state index is -4.30. The van der Waals surface area contributed by atoms with Gasteiger partial charge in [0.2, 0.25) is 5.91 Å². The monoisotopic (exact) mass is 409 g/mol. The Morgan fingerprint density at radius 3 is 2.45 bits per heavy atom. The van der Waals surface area contributed by atoms with Crippen LogP contribution in [0.1, 0.15) is 88.7 Å². The van der Waals surface area contributed by atoms with Gasteiger partial charge in [0, 0.05) is 12.5 Å². The highest BCUT2D eigenvalue weighted by atomic mass is 19.4. The molecule has 1 aromatic carbocycles. The van der Waals surface area contributed by atoms with Crippen molar-refractivity contribution >= 4 is 5.91 Å². The fraction of sp³-hybridized carbons (Fsp3) is 0.708. The Kier molecular flexibility index (Phi) is 7.28. The van der Waals surface area contributed by atoms with Crippen LogP contribution in [0.4, 0.5) is 13.2 Å². The third kappa shape index (κ3) is 6.75. The summed E-state index contributed by atoms with van der Waals surface area (Å²) in [4.78, 5) is 12.3. The fourth-order valence-electron chi connectivity index (χ4n) is 5.10. The summed E-state index contributed by atoms with van der Waals surface area (Å²) in [6.07, 6.45) is 8.14. The standard InChI is InChI=1S/C24H34F3NO/c1-23(17-19-8-5-9-20(16-19)24(25,26)27)14-12-21(13-15-23)28-22(29)11-10-18-6-3-2-4-7-18/h5,8-9,16,18,21H,2-4,6-7,10-15,17H2,1H3,(H,28,29). The van der Waals surface area contributed by atoms with Gasteiger partial charge in [0.05, 0.1) is 5.56 Å². The first-order chi connectivity index (χ1) is 13.7. The summed E-state index contributed by atoms with van der Waals surface area (Å²) >= 11 is 0. The molecule has 2 aliphatic carbocycles. The SMILES string of the molecule is CC1(Cc2cccc(C(F)(F)F)c2)CCC(NC(=O)CCC2CCCCC2)CC1. The molecule has 2 aliphatic rings. The molecule has 2 fully saturated rings. The van der Waals surface area contributed by atoms with Crippen LogP contribution in [0.25, 0.3) is 0 Å². The molecule has 3 rings (SSSR count). The molecule has 0 atom stereocenters. The van der Waals surface area contributed by atoms with Gasteiger partial charge in [0.15, 0.2) is 0 Å². The number of amides is 1. The third-order valence-electron chi connectivity index (χ3n) is 6.95. The lowest BCUT2D eigenvalue weighted by atomic mass is 9.70. The molecular formula is C24H34F3NO. The first kappa shape index (κ1) is 22.2. The van der Waals surface area contributed by atoms with Gasteiger partial charge in [-0.1, -0.05) is 57.2 Å². The summed E-state index contributed by atoms with van der Waals surface area (Å²) in [5.74, 6) is 0.888. The van der Waals surface area contributed by atoms with Crippen molar-refractivity contribution < 1.29 is 18.0 Å². The summed E-state index contributed by atoms with van der Waals surface area (Å²) in [6, 6.07) is 5.92. The second kappa shape index (κ2) is 9.53. The minimum Gasteiger partial charge on any atom is -0.353 e. The Hall–Kier alpha value is -1.52. The van der Waals surface area contributed by atoms with Crippen LogP contribution in [0.5, 0.6) is 0 Å². The van der Waals surface area contributed by atoms with E-state index in [4.69, 9.17) is 0 Å². The second-order valence-corrected chi connectivity index (χ2v) is 9.57. The zero-order chi connectivity index (χ0) is 20.9. The number of alkyl halides is 3. The molecule has 0 radical (unpaired) electrons. The highest BCUT2D eigenvalue weighted by Gasteiger charge is 2.34. The number of hydrogen-bond donors (Lipinski definition) is 1. The van der Waals surface area contributed by atoms with Gasteiger partial charge < -0.3 is 5.32 Å². The minimum absolute atomic E-state index is 0.00640. The van der Waals surface area contributed by atoms with Crippen molar-refractivity contribution in [1.29, 1.82) is 0 Å². The maximum Gasteiger partial charge on any atom is 0.416 e. The number of carbonyl (C=O) groups is 1. The molecule has 0 heterocycles. The molecular weight excluding hydrogens is 375 g/mol. The first-order valence-electron chi connectivity index (χ1n) is 11.2. The van der Waals surface area contributed by atoms with E-state index >= 15 is 0 Å². The topological polar surface area (TPSA) is 29.1 Å². The molecule has 5 heteroatoms. The van der Waals surface area contributed by atoms with Crippen molar-refractivity contribution in [2.24, 2.45) is 11.3 Å². The lowest BCUT2D eigenvalue weighted by molar-refractivity contribution is -0.137. The molecule has 0 unspecified atom stereocenters. The molecule has 2 saturated carbocycles. The molecule has 29 heavy (non-hydrogen) atoms. The normalized spacial score (nSPS) is 26.3. The summed E-state index contributed by atoms with van der Waals surface area (Å²) in [6.45, 7) is 2.16. The van der Waals surface area contributed by atoms with Crippen molar-refractivity contribution in [1.82, 2.24) is 5.32 Å². The number of rotatable bonds is 6. The van der Waals surface area contributed by atoms with Gasteiger partial charge in [-0.15, -0.1) is 0 Å². The molecule has 0 spiro atoms. The van der Waals surface area contributed by atoms with Crippen LogP contribution in [0.2, 0.25) is 0 Å². The summed E-state index contributed by atoms with van der Waals surface area (Å²) < 4.78 is 38.9. The second-order valence-electron chi connectivity index (χ2n) is 9.57. The summed E-state index contributed by atoms with van der Waals surface area (Å²) in [7, 11) is 0. The van der Waals surface area contributed by atoms with E-state index in [1.807, 2.05) is 0 Å². The summed E-state index contributed by atoms with van der Waals surface area (Å²) in [5.41, 5.74) is 0.169. The molecule has 0 aromatic heterocycles. The molecule has 2 nitrogen and oxygen atoms in total.